The molecule has 3 nitrogen and oxygen atoms in total. The zero-order valence-corrected chi connectivity index (χ0v) is 14.0. The van der Waals surface area contributed by atoms with Crippen molar-refractivity contribution in [2.24, 2.45) is 0 Å². The summed E-state index contributed by atoms with van der Waals surface area (Å²) in [4.78, 5) is 7.43. The molecule has 4 rings (SSSR count). The lowest BCUT2D eigenvalue weighted by Gasteiger charge is -2.07. The minimum absolute atomic E-state index is 0.586. The van der Waals surface area contributed by atoms with Gasteiger partial charge >= 0.3 is 0 Å². The molecule has 2 aromatic heterocycles. The molecule has 0 aliphatic rings. The van der Waals surface area contributed by atoms with E-state index in [9.17, 15) is 0 Å². The van der Waals surface area contributed by atoms with Crippen LogP contribution in [0.25, 0.3) is 10.9 Å². The van der Waals surface area contributed by atoms with Gasteiger partial charge in [0.05, 0.1) is 0 Å². The molecule has 4 aromatic rings. The fraction of sp³-hybridized carbons (Fsp3) is 0.136. The zero-order chi connectivity index (χ0) is 16.9. The molecule has 0 saturated heterocycles. The third-order valence-corrected chi connectivity index (χ3v) is 4.42. The molecule has 2 heterocycles. The van der Waals surface area contributed by atoms with Crippen molar-refractivity contribution in [1.29, 1.82) is 0 Å². The lowest BCUT2D eigenvalue weighted by molar-refractivity contribution is 0.306. The second-order valence-electron chi connectivity index (χ2n) is 6.15. The van der Waals surface area contributed by atoms with Gasteiger partial charge in [0.15, 0.2) is 0 Å². The van der Waals surface area contributed by atoms with Gasteiger partial charge < -0.3 is 9.72 Å². The average Bonchev–Trinajstić information content (AvgIpc) is 3.09. The van der Waals surface area contributed by atoms with Gasteiger partial charge in [-0.05, 0) is 59.9 Å². The Bertz CT molecular complexity index is 946. The van der Waals surface area contributed by atoms with E-state index in [1.165, 1.54) is 22.1 Å². The van der Waals surface area contributed by atoms with E-state index in [1.807, 2.05) is 36.7 Å². The van der Waals surface area contributed by atoms with E-state index in [4.69, 9.17) is 4.74 Å². The van der Waals surface area contributed by atoms with Crippen LogP contribution in [0.1, 0.15) is 16.7 Å². The molecule has 25 heavy (non-hydrogen) atoms. The Morgan fingerprint density at radius 2 is 1.68 bits per heavy atom. The topological polar surface area (TPSA) is 37.9 Å². The molecule has 0 aliphatic heterocycles. The largest absolute Gasteiger partial charge is 0.489 e. The van der Waals surface area contributed by atoms with Crippen LogP contribution in [0.5, 0.6) is 5.75 Å². The Hall–Kier alpha value is -3.07. The maximum Gasteiger partial charge on any atom is 0.120 e. The summed E-state index contributed by atoms with van der Waals surface area (Å²) >= 11 is 0. The van der Waals surface area contributed by atoms with E-state index in [2.05, 4.69) is 52.6 Å². The van der Waals surface area contributed by atoms with Crippen LogP contribution in [0.2, 0.25) is 0 Å². The van der Waals surface area contributed by atoms with Crippen molar-refractivity contribution in [3.8, 4) is 5.75 Å². The van der Waals surface area contributed by atoms with Crippen molar-refractivity contribution < 1.29 is 4.74 Å². The molecule has 0 unspecified atom stereocenters. The predicted molar refractivity (Wildman–Crippen MR) is 101 cm³/mol. The highest BCUT2D eigenvalue weighted by molar-refractivity contribution is 5.84. The van der Waals surface area contributed by atoms with Gasteiger partial charge in [-0.3, -0.25) is 4.98 Å². The summed E-state index contributed by atoms with van der Waals surface area (Å²) in [5, 5.41) is 1.24. The molecule has 2 aromatic carbocycles. The number of aryl methyl sites for hydroxylation is 2. The van der Waals surface area contributed by atoms with Crippen LogP contribution >= 0.6 is 0 Å². The first-order valence-electron chi connectivity index (χ1n) is 8.54. The number of hydrogen-bond donors (Lipinski definition) is 1. The summed E-state index contributed by atoms with van der Waals surface area (Å²) < 4.78 is 5.97. The number of fused-ring (bicyclic) bond motifs is 1. The minimum atomic E-state index is 0.586. The lowest BCUT2D eigenvalue weighted by Crippen LogP contribution is -1.95. The Balaban J connectivity index is 1.49. The van der Waals surface area contributed by atoms with E-state index in [0.29, 0.717) is 6.61 Å². The molecule has 124 valence electrons. The summed E-state index contributed by atoms with van der Waals surface area (Å²) in [5.74, 6) is 0.904. The number of aromatic amines is 1. The molecular weight excluding hydrogens is 308 g/mol. The zero-order valence-electron chi connectivity index (χ0n) is 14.0. The molecule has 0 atom stereocenters. The number of nitrogens with zero attached hydrogens (tertiary/aromatic N) is 1. The van der Waals surface area contributed by atoms with Crippen LogP contribution in [-0.2, 0) is 19.4 Å². The fourth-order valence-electron chi connectivity index (χ4n) is 3.02. The first-order chi connectivity index (χ1) is 12.4. The normalized spacial score (nSPS) is 10.9. The first-order valence-corrected chi connectivity index (χ1v) is 8.54. The SMILES string of the molecule is c1ccc(COc2ccc3[nH]cc(CCc4ccncc4)c3c2)cc1. The average molecular weight is 328 g/mol. The van der Waals surface area contributed by atoms with Gasteiger partial charge in [0.1, 0.15) is 12.4 Å². The highest BCUT2D eigenvalue weighted by Gasteiger charge is 2.06. The second kappa shape index (κ2) is 7.22. The highest BCUT2D eigenvalue weighted by Crippen LogP contribution is 2.25. The Kier molecular flexibility index (Phi) is 4.46. The Labute approximate surface area is 147 Å². The molecule has 0 aliphatic carbocycles. The van der Waals surface area contributed by atoms with E-state index in [-0.39, 0.29) is 0 Å². The minimum Gasteiger partial charge on any atom is -0.489 e. The van der Waals surface area contributed by atoms with Crippen LogP contribution in [0, 0.1) is 0 Å². The van der Waals surface area contributed by atoms with E-state index >= 15 is 0 Å². The number of rotatable bonds is 6. The van der Waals surface area contributed by atoms with Crippen LogP contribution in [0.4, 0.5) is 0 Å². The molecule has 3 heteroatoms. The van der Waals surface area contributed by atoms with Gasteiger partial charge in [-0.25, -0.2) is 0 Å². The number of H-pyrrole nitrogens is 1. The smallest absolute Gasteiger partial charge is 0.120 e. The molecule has 0 bridgehead atoms. The number of hydrogen-bond acceptors (Lipinski definition) is 2. The number of aromatic nitrogens is 2. The van der Waals surface area contributed by atoms with E-state index in [1.54, 1.807) is 0 Å². The third kappa shape index (κ3) is 3.72. The predicted octanol–water partition coefficient (Wildman–Crippen LogP) is 4.93. The van der Waals surface area contributed by atoms with Gasteiger partial charge in [0.2, 0.25) is 0 Å². The van der Waals surface area contributed by atoms with Gasteiger partial charge in [-0.2, -0.15) is 0 Å². The number of nitrogens with one attached hydrogen (secondary N) is 1. The summed E-state index contributed by atoms with van der Waals surface area (Å²) in [6.45, 7) is 0.586. The van der Waals surface area contributed by atoms with Gasteiger partial charge in [-0.15, -0.1) is 0 Å². The molecule has 0 radical (unpaired) electrons. The molecule has 0 spiro atoms. The number of pyridine rings is 1. The third-order valence-electron chi connectivity index (χ3n) is 4.42. The van der Waals surface area contributed by atoms with Crippen LogP contribution in [-0.4, -0.2) is 9.97 Å². The standard InChI is InChI=1S/C22H20N2O/c1-2-4-18(5-3-1)16-25-20-8-9-22-21(14-20)19(15-24-22)7-6-17-10-12-23-13-11-17/h1-5,8-15,24H,6-7,16H2. The second-order valence-corrected chi connectivity index (χ2v) is 6.15. The Morgan fingerprint density at radius 1 is 0.840 bits per heavy atom. The van der Waals surface area contributed by atoms with Crippen molar-refractivity contribution >= 4 is 10.9 Å². The van der Waals surface area contributed by atoms with Crippen molar-refractivity contribution in [1.82, 2.24) is 9.97 Å². The van der Waals surface area contributed by atoms with Crippen LogP contribution < -0.4 is 4.74 Å². The lowest BCUT2D eigenvalue weighted by atomic mass is 10.0. The monoisotopic (exact) mass is 328 g/mol. The molecule has 1 N–H and O–H groups in total. The number of benzene rings is 2. The Morgan fingerprint density at radius 3 is 2.52 bits per heavy atom. The summed E-state index contributed by atoms with van der Waals surface area (Å²) in [5.41, 5.74) is 4.95. The molecule has 0 fully saturated rings. The quantitative estimate of drug-likeness (QED) is 0.545. The van der Waals surface area contributed by atoms with Crippen molar-refractivity contribution in [3.63, 3.8) is 0 Å². The highest BCUT2D eigenvalue weighted by atomic mass is 16.5. The summed E-state index contributed by atoms with van der Waals surface area (Å²) in [6.07, 6.45) is 7.80. The van der Waals surface area contributed by atoms with Gasteiger partial charge in [0.25, 0.3) is 0 Å². The van der Waals surface area contributed by atoms with E-state index in [0.717, 1.165) is 24.1 Å². The van der Waals surface area contributed by atoms with Crippen molar-refractivity contribution in [2.75, 3.05) is 0 Å². The first kappa shape index (κ1) is 15.5. The van der Waals surface area contributed by atoms with Crippen molar-refractivity contribution in [2.45, 2.75) is 19.4 Å². The molecule has 0 amide bonds. The summed E-state index contributed by atoms with van der Waals surface area (Å²) in [6, 6.07) is 20.6. The van der Waals surface area contributed by atoms with Crippen LogP contribution in [0.15, 0.2) is 79.3 Å². The summed E-state index contributed by atoms with van der Waals surface area (Å²) in [7, 11) is 0. The van der Waals surface area contributed by atoms with E-state index < -0.39 is 0 Å². The van der Waals surface area contributed by atoms with Crippen LogP contribution in [0.3, 0.4) is 0 Å². The van der Waals surface area contributed by atoms with Gasteiger partial charge in [-0.1, -0.05) is 30.3 Å². The number of ether oxygens (including phenoxy) is 1. The maximum atomic E-state index is 5.97. The maximum absolute atomic E-state index is 5.97. The fourth-order valence-corrected chi connectivity index (χ4v) is 3.02. The molecular formula is C22H20N2O. The van der Waals surface area contributed by atoms with Crippen molar-refractivity contribution in [3.05, 3.63) is 95.9 Å². The molecule has 0 saturated carbocycles. The van der Waals surface area contributed by atoms with Gasteiger partial charge in [0, 0.05) is 29.5 Å².